The topological polar surface area (TPSA) is 26.0 Å². The predicted octanol–water partition coefficient (Wildman–Crippen LogP) is 5.78. The molecule has 0 bridgehead atoms. The van der Waals surface area contributed by atoms with Crippen LogP contribution in [0, 0.1) is 23.4 Å². The fourth-order valence-electron chi connectivity index (χ4n) is 3.88. The molecule has 0 saturated heterocycles. The maximum atomic E-state index is 13.4. The molecule has 0 spiro atoms. The molecule has 3 rings (SSSR count). The summed E-state index contributed by atoms with van der Waals surface area (Å²) in [6.07, 6.45) is 5.56. The number of benzene rings is 2. The summed E-state index contributed by atoms with van der Waals surface area (Å²) < 4.78 is 39.9. The zero-order valence-electron chi connectivity index (χ0n) is 14.4. The van der Waals surface area contributed by atoms with Gasteiger partial charge in [0.1, 0.15) is 0 Å². The van der Waals surface area contributed by atoms with Crippen LogP contribution in [-0.2, 0) is 0 Å². The predicted molar refractivity (Wildman–Crippen MR) is 94.7 cm³/mol. The van der Waals surface area contributed by atoms with Gasteiger partial charge in [0.15, 0.2) is 17.5 Å². The van der Waals surface area contributed by atoms with E-state index in [4.69, 9.17) is 5.73 Å². The van der Waals surface area contributed by atoms with Crippen molar-refractivity contribution in [1.82, 2.24) is 0 Å². The highest BCUT2D eigenvalue weighted by molar-refractivity contribution is 5.64. The first-order valence-electron chi connectivity index (χ1n) is 9.00. The van der Waals surface area contributed by atoms with E-state index in [2.05, 4.69) is 6.92 Å². The third kappa shape index (κ3) is 3.90. The summed E-state index contributed by atoms with van der Waals surface area (Å²) in [6.45, 7) is 2.14. The maximum absolute atomic E-state index is 13.4. The van der Waals surface area contributed by atoms with Crippen molar-refractivity contribution in [2.45, 2.75) is 51.0 Å². The van der Waals surface area contributed by atoms with Gasteiger partial charge in [0, 0.05) is 6.04 Å². The monoisotopic (exact) mass is 347 g/mol. The Hall–Kier alpha value is -1.81. The molecule has 0 amide bonds. The van der Waals surface area contributed by atoms with Crippen LogP contribution in [0.2, 0.25) is 0 Å². The minimum Gasteiger partial charge on any atom is -0.327 e. The van der Waals surface area contributed by atoms with Gasteiger partial charge in [0.05, 0.1) is 0 Å². The first-order chi connectivity index (χ1) is 12.0. The van der Waals surface area contributed by atoms with Crippen molar-refractivity contribution in [3.63, 3.8) is 0 Å². The molecular formula is C21H24F3N. The van der Waals surface area contributed by atoms with Crippen LogP contribution < -0.4 is 5.73 Å². The van der Waals surface area contributed by atoms with Crippen LogP contribution in [0.3, 0.4) is 0 Å². The standard InChI is InChI=1S/C21H24F3N/c1-2-20(25)16-9-7-14(8-10-16)13-3-5-15(6-4-13)17-11-18(22)21(24)19(23)12-17/h3-6,11-12,14,16,20H,2,7-10,25H2,1H3. The normalized spacial score (nSPS) is 22.0. The molecule has 2 aromatic rings. The Labute approximate surface area is 147 Å². The maximum Gasteiger partial charge on any atom is 0.194 e. The third-order valence-corrected chi connectivity index (χ3v) is 5.55. The van der Waals surface area contributed by atoms with Crippen LogP contribution in [-0.4, -0.2) is 6.04 Å². The Morgan fingerprint density at radius 3 is 2.00 bits per heavy atom. The van der Waals surface area contributed by atoms with E-state index in [1.807, 2.05) is 24.3 Å². The lowest BCUT2D eigenvalue weighted by atomic mass is 9.75. The molecule has 1 nitrogen and oxygen atoms in total. The molecule has 1 aliphatic rings. The second-order valence-electron chi connectivity index (χ2n) is 7.06. The molecule has 0 aliphatic heterocycles. The molecule has 1 saturated carbocycles. The van der Waals surface area contributed by atoms with Crippen molar-refractivity contribution in [2.75, 3.05) is 0 Å². The molecule has 4 heteroatoms. The van der Waals surface area contributed by atoms with Gasteiger partial charge in [-0.3, -0.25) is 0 Å². The number of rotatable bonds is 4. The molecule has 1 atom stereocenters. The summed E-state index contributed by atoms with van der Waals surface area (Å²) in [5.74, 6) is -2.63. The summed E-state index contributed by atoms with van der Waals surface area (Å²) >= 11 is 0. The van der Waals surface area contributed by atoms with Crippen molar-refractivity contribution in [2.24, 2.45) is 11.7 Å². The van der Waals surface area contributed by atoms with E-state index in [9.17, 15) is 13.2 Å². The Balaban J connectivity index is 1.71. The summed E-state index contributed by atoms with van der Waals surface area (Å²) in [5, 5.41) is 0. The van der Waals surface area contributed by atoms with E-state index in [0.717, 1.165) is 44.2 Å². The average Bonchev–Trinajstić information content (AvgIpc) is 2.65. The molecular weight excluding hydrogens is 323 g/mol. The Morgan fingerprint density at radius 1 is 0.920 bits per heavy atom. The van der Waals surface area contributed by atoms with Crippen molar-refractivity contribution >= 4 is 0 Å². The molecule has 25 heavy (non-hydrogen) atoms. The highest BCUT2D eigenvalue weighted by atomic mass is 19.2. The van der Waals surface area contributed by atoms with Crippen LogP contribution in [0.4, 0.5) is 13.2 Å². The molecule has 1 fully saturated rings. The molecule has 2 aromatic carbocycles. The lowest BCUT2D eigenvalue weighted by Gasteiger charge is -2.32. The molecule has 1 aliphatic carbocycles. The van der Waals surface area contributed by atoms with Crippen LogP contribution in [0.15, 0.2) is 36.4 Å². The van der Waals surface area contributed by atoms with Crippen molar-refractivity contribution in [1.29, 1.82) is 0 Å². The lowest BCUT2D eigenvalue weighted by Crippen LogP contribution is -2.32. The van der Waals surface area contributed by atoms with Gasteiger partial charge < -0.3 is 5.73 Å². The third-order valence-electron chi connectivity index (χ3n) is 5.55. The average molecular weight is 347 g/mol. The zero-order valence-corrected chi connectivity index (χ0v) is 14.4. The number of halogens is 3. The van der Waals surface area contributed by atoms with E-state index in [0.29, 0.717) is 29.0 Å². The Kier molecular flexibility index (Phi) is 5.48. The number of hydrogen-bond acceptors (Lipinski definition) is 1. The lowest BCUT2D eigenvalue weighted by molar-refractivity contribution is 0.277. The van der Waals surface area contributed by atoms with Gasteiger partial charge in [-0.15, -0.1) is 0 Å². The van der Waals surface area contributed by atoms with E-state index < -0.39 is 17.5 Å². The minimum atomic E-state index is -1.43. The van der Waals surface area contributed by atoms with Crippen molar-refractivity contribution in [3.05, 3.63) is 59.4 Å². The first kappa shape index (κ1) is 18.0. The van der Waals surface area contributed by atoms with Crippen LogP contribution in [0.1, 0.15) is 50.5 Å². The summed E-state index contributed by atoms with van der Waals surface area (Å²) in [4.78, 5) is 0. The molecule has 0 aromatic heterocycles. The van der Waals surface area contributed by atoms with Crippen molar-refractivity contribution < 1.29 is 13.2 Å². The van der Waals surface area contributed by atoms with E-state index in [1.54, 1.807) is 0 Å². The van der Waals surface area contributed by atoms with Gasteiger partial charge in [-0.1, -0.05) is 31.2 Å². The van der Waals surface area contributed by atoms with Gasteiger partial charge in [-0.2, -0.15) is 0 Å². The van der Waals surface area contributed by atoms with E-state index in [-0.39, 0.29) is 0 Å². The molecule has 1 unspecified atom stereocenters. The summed E-state index contributed by atoms with van der Waals surface area (Å²) in [7, 11) is 0. The Bertz CT molecular complexity index is 695. The van der Waals surface area contributed by atoms with Gasteiger partial charge in [0.25, 0.3) is 0 Å². The smallest absolute Gasteiger partial charge is 0.194 e. The van der Waals surface area contributed by atoms with Crippen LogP contribution in [0.25, 0.3) is 11.1 Å². The largest absolute Gasteiger partial charge is 0.327 e. The molecule has 2 N–H and O–H groups in total. The fourth-order valence-corrected chi connectivity index (χ4v) is 3.88. The van der Waals surface area contributed by atoms with Gasteiger partial charge in [-0.25, -0.2) is 13.2 Å². The molecule has 134 valence electrons. The van der Waals surface area contributed by atoms with E-state index >= 15 is 0 Å². The highest BCUT2D eigenvalue weighted by Gasteiger charge is 2.25. The zero-order chi connectivity index (χ0) is 18.0. The van der Waals surface area contributed by atoms with Crippen LogP contribution in [0.5, 0.6) is 0 Å². The van der Waals surface area contributed by atoms with Gasteiger partial charge >= 0.3 is 0 Å². The summed E-state index contributed by atoms with van der Waals surface area (Å²) in [6, 6.07) is 10.1. The second-order valence-corrected chi connectivity index (χ2v) is 7.06. The molecule has 0 radical (unpaired) electrons. The van der Waals surface area contributed by atoms with Gasteiger partial charge in [-0.05, 0) is 72.8 Å². The number of hydrogen-bond donors (Lipinski definition) is 1. The van der Waals surface area contributed by atoms with Crippen molar-refractivity contribution in [3.8, 4) is 11.1 Å². The molecule has 0 heterocycles. The Morgan fingerprint density at radius 2 is 1.48 bits per heavy atom. The SMILES string of the molecule is CCC(N)C1CCC(c2ccc(-c3cc(F)c(F)c(F)c3)cc2)CC1. The second kappa shape index (κ2) is 7.61. The van der Waals surface area contributed by atoms with Gasteiger partial charge in [0.2, 0.25) is 0 Å². The first-order valence-corrected chi connectivity index (χ1v) is 9.00. The summed E-state index contributed by atoms with van der Waals surface area (Å²) in [5.41, 5.74) is 8.44. The quantitative estimate of drug-likeness (QED) is 0.697. The van der Waals surface area contributed by atoms with E-state index in [1.165, 1.54) is 5.56 Å². The van der Waals surface area contributed by atoms with Crippen LogP contribution >= 0.6 is 0 Å². The minimum absolute atomic E-state index is 0.298. The highest BCUT2D eigenvalue weighted by Crippen LogP contribution is 2.37. The fraction of sp³-hybridized carbons (Fsp3) is 0.429. The number of nitrogens with two attached hydrogens (primary N) is 1.